The smallest absolute Gasteiger partial charge is 0.306 e. The highest BCUT2D eigenvalue weighted by molar-refractivity contribution is 5.69. The number of rotatable bonds is 5. The van der Waals surface area contributed by atoms with Gasteiger partial charge in [-0.3, -0.25) is 4.79 Å². The van der Waals surface area contributed by atoms with E-state index < -0.39 is 0 Å². The van der Waals surface area contributed by atoms with Crippen LogP contribution in [-0.4, -0.2) is 11.6 Å². The topological polar surface area (TPSA) is 26.3 Å². The van der Waals surface area contributed by atoms with Gasteiger partial charge in [0.15, 0.2) is 0 Å². The van der Waals surface area contributed by atoms with Gasteiger partial charge in [0.1, 0.15) is 5.60 Å². The number of carbonyl (C=O) groups is 1. The van der Waals surface area contributed by atoms with Crippen LogP contribution in [0.15, 0.2) is 30.3 Å². The van der Waals surface area contributed by atoms with Gasteiger partial charge in [-0.25, -0.2) is 0 Å². The fourth-order valence-corrected chi connectivity index (χ4v) is 2.98. The van der Waals surface area contributed by atoms with Crippen LogP contribution in [0.5, 0.6) is 0 Å². The molecule has 0 saturated heterocycles. The molecule has 0 bridgehead atoms. The van der Waals surface area contributed by atoms with Crippen molar-refractivity contribution in [1.82, 2.24) is 0 Å². The minimum absolute atomic E-state index is 0.0275. The zero-order valence-corrected chi connectivity index (χ0v) is 11.9. The summed E-state index contributed by atoms with van der Waals surface area (Å²) < 4.78 is 5.88. The Balaban J connectivity index is 2.08. The Morgan fingerprint density at radius 2 is 1.84 bits per heavy atom. The van der Waals surface area contributed by atoms with Gasteiger partial charge in [0, 0.05) is 12.8 Å². The van der Waals surface area contributed by atoms with Gasteiger partial charge in [-0.05, 0) is 37.7 Å². The average Bonchev–Trinajstić information content (AvgIpc) is 2.40. The molecule has 0 heterocycles. The summed E-state index contributed by atoms with van der Waals surface area (Å²) in [6, 6.07) is 10.4. The molecular formula is C17H24O2. The molecule has 19 heavy (non-hydrogen) atoms. The molecule has 0 unspecified atom stereocenters. The van der Waals surface area contributed by atoms with Crippen molar-refractivity contribution in [3.05, 3.63) is 35.9 Å². The zero-order valence-electron chi connectivity index (χ0n) is 11.9. The highest BCUT2D eigenvalue weighted by atomic mass is 16.6. The molecule has 0 N–H and O–H groups in total. The standard InChI is InChI=1S/C17H24O2/c1-2-9-16(18)19-17(12-7-4-8-13-17)14-15-10-5-3-6-11-15/h3,5-6,10-11H,2,4,7-9,12-14H2,1H3. The Labute approximate surface area is 116 Å². The van der Waals surface area contributed by atoms with E-state index in [9.17, 15) is 4.79 Å². The van der Waals surface area contributed by atoms with Crippen LogP contribution in [0.25, 0.3) is 0 Å². The van der Waals surface area contributed by atoms with Crippen LogP contribution in [0.3, 0.4) is 0 Å². The molecule has 0 aromatic heterocycles. The van der Waals surface area contributed by atoms with Crippen LogP contribution in [0, 0.1) is 0 Å². The van der Waals surface area contributed by atoms with Crippen LogP contribution in [0.1, 0.15) is 57.4 Å². The lowest BCUT2D eigenvalue weighted by Gasteiger charge is -2.37. The highest BCUT2D eigenvalue weighted by Gasteiger charge is 2.35. The summed E-state index contributed by atoms with van der Waals surface area (Å²) in [5.41, 5.74) is 1.03. The van der Waals surface area contributed by atoms with Gasteiger partial charge < -0.3 is 4.74 Å². The molecule has 1 aliphatic rings. The Morgan fingerprint density at radius 1 is 1.16 bits per heavy atom. The maximum Gasteiger partial charge on any atom is 0.306 e. The molecule has 0 atom stereocenters. The third kappa shape index (κ3) is 4.09. The van der Waals surface area contributed by atoms with Crippen molar-refractivity contribution in [2.24, 2.45) is 0 Å². The first kappa shape index (κ1) is 14.1. The van der Waals surface area contributed by atoms with Crippen molar-refractivity contribution < 1.29 is 9.53 Å². The number of hydrogen-bond donors (Lipinski definition) is 0. The van der Waals surface area contributed by atoms with Gasteiger partial charge in [-0.15, -0.1) is 0 Å². The first-order valence-corrected chi connectivity index (χ1v) is 7.50. The predicted octanol–water partition coefficient (Wildman–Crippen LogP) is 4.28. The first-order valence-electron chi connectivity index (χ1n) is 7.50. The quantitative estimate of drug-likeness (QED) is 0.739. The van der Waals surface area contributed by atoms with Gasteiger partial charge in [0.05, 0.1) is 0 Å². The fraction of sp³-hybridized carbons (Fsp3) is 0.588. The molecule has 2 nitrogen and oxygen atoms in total. The van der Waals surface area contributed by atoms with Crippen LogP contribution >= 0.6 is 0 Å². The van der Waals surface area contributed by atoms with Gasteiger partial charge in [0.2, 0.25) is 0 Å². The zero-order chi connectivity index (χ0) is 13.6. The molecule has 0 amide bonds. The molecule has 0 radical (unpaired) electrons. The average molecular weight is 260 g/mol. The molecule has 1 fully saturated rings. The lowest BCUT2D eigenvalue weighted by atomic mass is 9.80. The normalized spacial score (nSPS) is 17.9. The van der Waals surface area contributed by atoms with Crippen LogP contribution in [0.2, 0.25) is 0 Å². The van der Waals surface area contributed by atoms with Crippen molar-refractivity contribution in [1.29, 1.82) is 0 Å². The third-order valence-electron chi connectivity index (χ3n) is 3.92. The summed E-state index contributed by atoms with van der Waals surface area (Å²) in [5, 5.41) is 0. The summed E-state index contributed by atoms with van der Waals surface area (Å²) in [6.07, 6.45) is 7.90. The molecule has 1 aromatic rings. The predicted molar refractivity (Wildman–Crippen MR) is 77.0 cm³/mol. The molecule has 1 aliphatic carbocycles. The first-order chi connectivity index (χ1) is 9.24. The van der Waals surface area contributed by atoms with E-state index in [2.05, 4.69) is 24.3 Å². The summed E-state index contributed by atoms with van der Waals surface area (Å²) >= 11 is 0. The van der Waals surface area contributed by atoms with Gasteiger partial charge in [-0.2, -0.15) is 0 Å². The number of ether oxygens (including phenoxy) is 1. The molecule has 0 aliphatic heterocycles. The maximum absolute atomic E-state index is 11.9. The number of esters is 1. The molecule has 0 spiro atoms. The van der Waals surface area contributed by atoms with E-state index >= 15 is 0 Å². The van der Waals surface area contributed by atoms with E-state index in [4.69, 9.17) is 4.74 Å². The highest BCUT2D eigenvalue weighted by Crippen LogP contribution is 2.35. The van der Waals surface area contributed by atoms with Gasteiger partial charge >= 0.3 is 5.97 Å². The van der Waals surface area contributed by atoms with Gasteiger partial charge in [0.25, 0.3) is 0 Å². The molecule has 2 heteroatoms. The Hall–Kier alpha value is -1.31. The van der Waals surface area contributed by atoms with Crippen molar-refractivity contribution in [2.45, 2.75) is 63.9 Å². The second-order valence-corrected chi connectivity index (χ2v) is 5.63. The van der Waals surface area contributed by atoms with E-state index in [-0.39, 0.29) is 11.6 Å². The van der Waals surface area contributed by atoms with E-state index in [0.29, 0.717) is 6.42 Å². The SMILES string of the molecule is CCCC(=O)OC1(Cc2ccccc2)CCCCC1. The minimum atomic E-state index is -0.244. The van der Waals surface area contributed by atoms with E-state index in [0.717, 1.165) is 25.7 Å². The second kappa shape index (κ2) is 6.74. The summed E-state index contributed by atoms with van der Waals surface area (Å²) in [4.78, 5) is 11.9. The Kier molecular flexibility index (Phi) is 5.00. The maximum atomic E-state index is 11.9. The summed E-state index contributed by atoms with van der Waals surface area (Å²) in [5.74, 6) is -0.0275. The summed E-state index contributed by atoms with van der Waals surface area (Å²) in [6.45, 7) is 2.02. The molecule has 104 valence electrons. The number of hydrogen-bond acceptors (Lipinski definition) is 2. The van der Waals surface area contributed by atoms with Crippen molar-refractivity contribution in [3.63, 3.8) is 0 Å². The third-order valence-corrected chi connectivity index (χ3v) is 3.92. The van der Waals surface area contributed by atoms with Crippen LogP contribution in [0.4, 0.5) is 0 Å². The Morgan fingerprint density at radius 3 is 2.47 bits per heavy atom. The number of carbonyl (C=O) groups excluding carboxylic acids is 1. The van der Waals surface area contributed by atoms with E-state index in [1.807, 2.05) is 13.0 Å². The van der Waals surface area contributed by atoms with Crippen LogP contribution < -0.4 is 0 Å². The minimum Gasteiger partial charge on any atom is -0.459 e. The molecule has 1 saturated carbocycles. The molecule has 1 aromatic carbocycles. The van der Waals surface area contributed by atoms with Crippen molar-refractivity contribution >= 4 is 5.97 Å². The second-order valence-electron chi connectivity index (χ2n) is 5.63. The van der Waals surface area contributed by atoms with Crippen LogP contribution in [-0.2, 0) is 16.0 Å². The molecular weight excluding hydrogens is 236 g/mol. The van der Waals surface area contributed by atoms with Crippen molar-refractivity contribution in [2.75, 3.05) is 0 Å². The fourth-order valence-electron chi connectivity index (χ4n) is 2.98. The lowest BCUT2D eigenvalue weighted by molar-refractivity contribution is -0.163. The van der Waals surface area contributed by atoms with E-state index in [1.165, 1.54) is 24.8 Å². The van der Waals surface area contributed by atoms with E-state index in [1.54, 1.807) is 0 Å². The molecule has 2 rings (SSSR count). The number of benzene rings is 1. The van der Waals surface area contributed by atoms with Gasteiger partial charge in [-0.1, -0.05) is 43.7 Å². The largest absolute Gasteiger partial charge is 0.459 e. The van der Waals surface area contributed by atoms with Crippen molar-refractivity contribution in [3.8, 4) is 0 Å². The summed E-state index contributed by atoms with van der Waals surface area (Å²) in [7, 11) is 0. The monoisotopic (exact) mass is 260 g/mol. The Bertz CT molecular complexity index is 391. The lowest BCUT2D eigenvalue weighted by Crippen LogP contribution is -2.39.